The number of hydrogen-bond donors (Lipinski definition) is 0. The summed E-state index contributed by atoms with van der Waals surface area (Å²) in [6.07, 6.45) is 0. The van der Waals surface area contributed by atoms with Crippen LogP contribution in [0.15, 0.2) is 174 Å². The van der Waals surface area contributed by atoms with E-state index in [2.05, 4.69) is 166 Å². The molecular formula is C51H34N2O. The summed E-state index contributed by atoms with van der Waals surface area (Å²) in [5, 5.41) is 7.06. The first-order chi connectivity index (χ1) is 26.5. The van der Waals surface area contributed by atoms with Crippen molar-refractivity contribution in [3.05, 3.63) is 181 Å². The second-order valence-corrected chi connectivity index (χ2v) is 15.0. The highest BCUT2D eigenvalue weighted by atomic mass is 16.3. The summed E-state index contributed by atoms with van der Waals surface area (Å²) in [5.41, 5.74) is 14.2. The van der Waals surface area contributed by atoms with E-state index in [-0.39, 0.29) is 5.41 Å². The zero-order chi connectivity index (χ0) is 36.0. The van der Waals surface area contributed by atoms with Gasteiger partial charge in [-0.1, -0.05) is 135 Å². The van der Waals surface area contributed by atoms with Crippen molar-refractivity contribution in [1.82, 2.24) is 9.97 Å². The molecule has 0 radical (unpaired) electrons. The molecule has 254 valence electrons. The van der Waals surface area contributed by atoms with E-state index in [9.17, 15) is 0 Å². The Balaban J connectivity index is 1.07. The van der Waals surface area contributed by atoms with E-state index in [1.54, 1.807) is 0 Å². The molecule has 0 atom stereocenters. The first-order valence-corrected chi connectivity index (χ1v) is 18.6. The SMILES string of the molecule is CC1(C)c2ccc(-c3ccc(-c4nc(-c5ccccc5)cc(-c5ccc6c(c5)oc5ccccc56)n4)c4ccccc34)cc2-c2cc3ccccc3cc21. The Bertz CT molecular complexity index is 3130. The van der Waals surface area contributed by atoms with E-state index in [4.69, 9.17) is 14.4 Å². The second-order valence-electron chi connectivity index (χ2n) is 15.0. The Labute approximate surface area is 313 Å². The molecule has 0 bridgehead atoms. The number of nitrogens with zero attached hydrogens (tertiary/aromatic N) is 2. The molecule has 11 rings (SSSR count). The average Bonchev–Trinajstić information content (AvgIpc) is 3.70. The van der Waals surface area contributed by atoms with Crippen molar-refractivity contribution in [3.63, 3.8) is 0 Å². The fourth-order valence-corrected chi connectivity index (χ4v) is 8.71. The molecule has 0 saturated carbocycles. The van der Waals surface area contributed by atoms with Gasteiger partial charge in [-0.2, -0.15) is 0 Å². The predicted molar refractivity (Wildman–Crippen MR) is 224 cm³/mol. The minimum atomic E-state index is -0.0765. The van der Waals surface area contributed by atoms with Crippen LogP contribution in [0.1, 0.15) is 25.0 Å². The Morgan fingerprint density at radius 2 is 1.00 bits per heavy atom. The zero-order valence-corrected chi connectivity index (χ0v) is 30.0. The normalized spacial score (nSPS) is 13.1. The Morgan fingerprint density at radius 1 is 0.389 bits per heavy atom. The van der Waals surface area contributed by atoms with Gasteiger partial charge in [0, 0.05) is 32.9 Å². The third-order valence-electron chi connectivity index (χ3n) is 11.5. The van der Waals surface area contributed by atoms with Crippen LogP contribution in [0.25, 0.3) is 99.6 Å². The lowest BCUT2D eigenvalue weighted by molar-refractivity contribution is 0.661. The Morgan fingerprint density at radius 3 is 1.81 bits per heavy atom. The van der Waals surface area contributed by atoms with Gasteiger partial charge in [0.2, 0.25) is 0 Å². The highest BCUT2D eigenvalue weighted by molar-refractivity contribution is 6.07. The fraction of sp³-hybridized carbons (Fsp3) is 0.0588. The fourth-order valence-electron chi connectivity index (χ4n) is 8.71. The second kappa shape index (κ2) is 11.6. The molecule has 0 aliphatic heterocycles. The summed E-state index contributed by atoms with van der Waals surface area (Å²) in [5.74, 6) is 0.690. The van der Waals surface area contributed by atoms with Crippen LogP contribution in [0.5, 0.6) is 0 Å². The van der Waals surface area contributed by atoms with Gasteiger partial charge in [0.25, 0.3) is 0 Å². The van der Waals surface area contributed by atoms with Crippen LogP contribution >= 0.6 is 0 Å². The van der Waals surface area contributed by atoms with Gasteiger partial charge >= 0.3 is 0 Å². The zero-order valence-electron chi connectivity index (χ0n) is 30.0. The van der Waals surface area contributed by atoms with Crippen molar-refractivity contribution in [1.29, 1.82) is 0 Å². The average molecular weight is 691 g/mol. The van der Waals surface area contributed by atoms with E-state index in [1.807, 2.05) is 18.2 Å². The molecule has 2 aromatic heterocycles. The van der Waals surface area contributed by atoms with E-state index < -0.39 is 0 Å². The molecule has 2 heterocycles. The molecule has 8 aromatic carbocycles. The van der Waals surface area contributed by atoms with Crippen LogP contribution in [-0.2, 0) is 5.41 Å². The smallest absolute Gasteiger partial charge is 0.161 e. The quantitative estimate of drug-likeness (QED) is 0.184. The molecular weight excluding hydrogens is 657 g/mol. The minimum Gasteiger partial charge on any atom is -0.456 e. The summed E-state index contributed by atoms with van der Waals surface area (Å²) in [6, 6.07) is 60.6. The molecule has 10 aromatic rings. The molecule has 3 heteroatoms. The molecule has 0 unspecified atom stereocenters. The number of para-hydroxylation sites is 1. The summed E-state index contributed by atoms with van der Waals surface area (Å²) in [4.78, 5) is 10.5. The number of rotatable bonds is 4. The monoisotopic (exact) mass is 690 g/mol. The van der Waals surface area contributed by atoms with Crippen LogP contribution in [0.3, 0.4) is 0 Å². The lowest BCUT2D eigenvalue weighted by atomic mass is 9.81. The molecule has 3 nitrogen and oxygen atoms in total. The van der Waals surface area contributed by atoms with Crippen molar-refractivity contribution in [3.8, 4) is 56.2 Å². The molecule has 1 aliphatic carbocycles. The maximum Gasteiger partial charge on any atom is 0.161 e. The molecule has 0 amide bonds. The molecule has 0 fully saturated rings. The lowest BCUT2D eigenvalue weighted by Crippen LogP contribution is -2.14. The summed E-state index contributed by atoms with van der Waals surface area (Å²) in [6.45, 7) is 4.70. The van der Waals surface area contributed by atoms with Crippen LogP contribution < -0.4 is 0 Å². The topological polar surface area (TPSA) is 38.9 Å². The van der Waals surface area contributed by atoms with E-state index in [0.29, 0.717) is 5.82 Å². The highest BCUT2D eigenvalue weighted by Crippen LogP contribution is 2.51. The number of benzene rings is 8. The molecule has 54 heavy (non-hydrogen) atoms. The van der Waals surface area contributed by atoms with Gasteiger partial charge in [-0.25, -0.2) is 9.97 Å². The Kier molecular flexibility index (Phi) is 6.60. The van der Waals surface area contributed by atoms with E-state index in [0.717, 1.165) is 55.4 Å². The number of furan rings is 1. The first-order valence-electron chi connectivity index (χ1n) is 18.6. The third-order valence-corrected chi connectivity index (χ3v) is 11.5. The summed E-state index contributed by atoms with van der Waals surface area (Å²) >= 11 is 0. The first kappa shape index (κ1) is 30.8. The largest absolute Gasteiger partial charge is 0.456 e. The molecule has 0 spiro atoms. The van der Waals surface area contributed by atoms with Crippen molar-refractivity contribution >= 4 is 43.5 Å². The standard InChI is InChI=1S/C51H34N2O/c1-51(2)44-25-21-34(27-42(44)43-26-32-14-6-7-15-33(32)28-45(43)51)36-23-24-41(38-17-9-8-16-37(36)38)50-52-46(31-12-4-3-5-13-31)30-47(53-50)35-20-22-40-39-18-10-11-19-48(39)54-49(40)29-35/h3-30H,1-2H3. The van der Waals surface area contributed by atoms with Gasteiger partial charge in [0.1, 0.15) is 11.2 Å². The van der Waals surface area contributed by atoms with Gasteiger partial charge in [0.05, 0.1) is 11.4 Å². The highest BCUT2D eigenvalue weighted by Gasteiger charge is 2.36. The maximum atomic E-state index is 6.29. The minimum absolute atomic E-state index is 0.0765. The van der Waals surface area contributed by atoms with Crippen molar-refractivity contribution in [2.45, 2.75) is 19.3 Å². The van der Waals surface area contributed by atoms with Crippen molar-refractivity contribution < 1.29 is 4.42 Å². The summed E-state index contributed by atoms with van der Waals surface area (Å²) < 4.78 is 6.29. The number of fused-ring (bicyclic) bond motifs is 8. The maximum absolute atomic E-state index is 6.29. The van der Waals surface area contributed by atoms with E-state index in [1.165, 1.54) is 49.5 Å². The van der Waals surface area contributed by atoms with Gasteiger partial charge in [0.15, 0.2) is 5.82 Å². The number of hydrogen-bond acceptors (Lipinski definition) is 3. The van der Waals surface area contributed by atoms with Crippen LogP contribution in [-0.4, -0.2) is 9.97 Å². The summed E-state index contributed by atoms with van der Waals surface area (Å²) in [7, 11) is 0. The van der Waals surface area contributed by atoms with Crippen LogP contribution in [0.2, 0.25) is 0 Å². The van der Waals surface area contributed by atoms with Crippen molar-refractivity contribution in [2.24, 2.45) is 0 Å². The van der Waals surface area contributed by atoms with E-state index >= 15 is 0 Å². The molecule has 1 aliphatic rings. The Hall–Kier alpha value is -6.84. The number of aromatic nitrogens is 2. The lowest BCUT2D eigenvalue weighted by Gasteiger charge is -2.22. The predicted octanol–water partition coefficient (Wildman–Crippen LogP) is 13.7. The van der Waals surface area contributed by atoms with Gasteiger partial charge < -0.3 is 4.42 Å². The molecule has 0 saturated heterocycles. The van der Waals surface area contributed by atoms with Gasteiger partial charge in [-0.05, 0) is 103 Å². The van der Waals surface area contributed by atoms with Crippen molar-refractivity contribution in [2.75, 3.05) is 0 Å². The third kappa shape index (κ3) is 4.68. The molecule has 0 N–H and O–H groups in total. The van der Waals surface area contributed by atoms with Crippen LogP contribution in [0.4, 0.5) is 0 Å². The van der Waals surface area contributed by atoms with Gasteiger partial charge in [-0.3, -0.25) is 0 Å². The van der Waals surface area contributed by atoms with Gasteiger partial charge in [-0.15, -0.1) is 0 Å². The van der Waals surface area contributed by atoms with Crippen LogP contribution in [0, 0.1) is 0 Å².